The van der Waals surface area contributed by atoms with Crippen LogP contribution in [0.3, 0.4) is 0 Å². The molecule has 0 unspecified atom stereocenters. The maximum absolute atomic E-state index is 12.4. The van der Waals surface area contributed by atoms with Crippen molar-refractivity contribution < 1.29 is 8.95 Å². The number of benzene rings is 2. The number of aryl methyl sites for hydroxylation is 1. The summed E-state index contributed by atoms with van der Waals surface area (Å²) in [6.07, 6.45) is -0.187. The second-order valence-corrected chi connectivity index (χ2v) is 6.92. The van der Waals surface area contributed by atoms with Gasteiger partial charge in [0, 0.05) is 16.5 Å². The summed E-state index contributed by atoms with van der Waals surface area (Å²) < 4.78 is 18.9. The van der Waals surface area contributed by atoms with Crippen LogP contribution in [0.25, 0.3) is 0 Å². The summed E-state index contributed by atoms with van der Waals surface area (Å²) in [5.74, 6) is 0.447. The predicted molar refractivity (Wildman–Crippen MR) is 86.3 cm³/mol. The van der Waals surface area contributed by atoms with Crippen molar-refractivity contribution in [2.75, 3.05) is 12.9 Å². The molecular formula is C16H17BrO2S. The number of hydrogen-bond donors (Lipinski definition) is 0. The van der Waals surface area contributed by atoms with Gasteiger partial charge in [-0.15, -0.1) is 0 Å². The lowest BCUT2D eigenvalue weighted by Gasteiger charge is -2.17. The lowest BCUT2D eigenvalue weighted by atomic mass is 10.1. The minimum Gasteiger partial charge on any atom is -0.376 e. The molecule has 0 aromatic heterocycles. The first kappa shape index (κ1) is 15.4. The quantitative estimate of drug-likeness (QED) is 0.803. The van der Waals surface area contributed by atoms with E-state index in [0.717, 1.165) is 14.9 Å². The van der Waals surface area contributed by atoms with Crippen molar-refractivity contribution in [2.45, 2.75) is 17.9 Å². The monoisotopic (exact) mass is 352 g/mol. The molecule has 0 aliphatic rings. The molecule has 4 heteroatoms. The minimum absolute atomic E-state index is 0.187. The van der Waals surface area contributed by atoms with Gasteiger partial charge in [-0.3, -0.25) is 4.21 Å². The Bertz CT molecular complexity index is 596. The van der Waals surface area contributed by atoms with E-state index in [1.54, 1.807) is 7.11 Å². The Morgan fingerprint density at radius 1 is 1.15 bits per heavy atom. The van der Waals surface area contributed by atoms with E-state index in [0.29, 0.717) is 5.75 Å². The first-order chi connectivity index (χ1) is 9.61. The van der Waals surface area contributed by atoms with Crippen molar-refractivity contribution in [3.63, 3.8) is 0 Å². The molecule has 0 spiro atoms. The van der Waals surface area contributed by atoms with E-state index in [2.05, 4.69) is 15.9 Å². The van der Waals surface area contributed by atoms with Crippen molar-refractivity contribution in [3.05, 3.63) is 64.1 Å². The zero-order chi connectivity index (χ0) is 14.5. The van der Waals surface area contributed by atoms with Crippen LogP contribution < -0.4 is 0 Å². The van der Waals surface area contributed by atoms with E-state index in [-0.39, 0.29) is 6.10 Å². The summed E-state index contributed by atoms with van der Waals surface area (Å²) in [6.45, 7) is 2.02. The number of hydrogen-bond acceptors (Lipinski definition) is 2. The van der Waals surface area contributed by atoms with Crippen molar-refractivity contribution in [3.8, 4) is 0 Å². The Hall–Kier alpha value is -0.970. The average molecular weight is 353 g/mol. The molecule has 0 aliphatic heterocycles. The standard InChI is InChI=1S/C16H17BrO2S/c1-12-7-9-13(10-8-12)20(18)11-16(19-2)14-5-3-4-6-15(14)17/h3-10,16H,11H2,1-2H3/t16-,20+/m0/s1. The molecule has 20 heavy (non-hydrogen) atoms. The molecule has 2 aromatic carbocycles. The number of halogens is 1. The maximum atomic E-state index is 12.4. The van der Waals surface area contributed by atoms with E-state index >= 15 is 0 Å². The molecule has 0 saturated heterocycles. The zero-order valence-corrected chi connectivity index (χ0v) is 13.9. The van der Waals surface area contributed by atoms with Crippen LogP contribution in [0, 0.1) is 6.92 Å². The van der Waals surface area contributed by atoms with Gasteiger partial charge in [0.25, 0.3) is 0 Å². The van der Waals surface area contributed by atoms with Gasteiger partial charge in [-0.05, 0) is 30.7 Å². The minimum atomic E-state index is -1.08. The topological polar surface area (TPSA) is 26.3 Å². The molecule has 0 radical (unpaired) electrons. The number of rotatable bonds is 5. The fraction of sp³-hybridized carbons (Fsp3) is 0.250. The smallest absolute Gasteiger partial charge is 0.0950 e. The summed E-state index contributed by atoms with van der Waals surface area (Å²) >= 11 is 3.51. The van der Waals surface area contributed by atoms with E-state index in [1.807, 2.05) is 55.5 Å². The molecule has 0 N–H and O–H groups in total. The van der Waals surface area contributed by atoms with Crippen LogP contribution in [0.4, 0.5) is 0 Å². The molecule has 0 heterocycles. The van der Waals surface area contributed by atoms with Gasteiger partial charge in [-0.25, -0.2) is 0 Å². The first-order valence-corrected chi connectivity index (χ1v) is 8.45. The molecule has 0 aliphatic carbocycles. The largest absolute Gasteiger partial charge is 0.376 e. The Balaban J connectivity index is 2.16. The average Bonchev–Trinajstić information content (AvgIpc) is 2.46. The molecule has 2 atom stereocenters. The Morgan fingerprint density at radius 2 is 1.80 bits per heavy atom. The first-order valence-electron chi connectivity index (χ1n) is 6.34. The third-order valence-electron chi connectivity index (χ3n) is 3.12. The van der Waals surface area contributed by atoms with Crippen molar-refractivity contribution in [1.29, 1.82) is 0 Å². The predicted octanol–water partition coefficient (Wildman–Crippen LogP) is 4.25. The fourth-order valence-electron chi connectivity index (χ4n) is 1.94. The second-order valence-electron chi connectivity index (χ2n) is 4.57. The van der Waals surface area contributed by atoms with Gasteiger partial charge in [0.05, 0.1) is 22.7 Å². The zero-order valence-electron chi connectivity index (χ0n) is 11.5. The Kier molecular flexibility index (Phi) is 5.52. The number of ether oxygens (including phenoxy) is 1. The third kappa shape index (κ3) is 3.78. The normalized spacial score (nSPS) is 13.9. The molecule has 2 rings (SSSR count). The van der Waals surface area contributed by atoms with Crippen LogP contribution in [0.5, 0.6) is 0 Å². The highest BCUT2D eigenvalue weighted by molar-refractivity contribution is 9.10. The molecule has 2 aromatic rings. The third-order valence-corrected chi connectivity index (χ3v) is 5.25. The van der Waals surface area contributed by atoms with Crippen LogP contribution in [0.2, 0.25) is 0 Å². The van der Waals surface area contributed by atoms with Gasteiger partial charge in [-0.2, -0.15) is 0 Å². The van der Waals surface area contributed by atoms with Crippen LogP contribution in [-0.4, -0.2) is 17.1 Å². The lowest BCUT2D eigenvalue weighted by Crippen LogP contribution is -2.12. The van der Waals surface area contributed by atoms with Crippen LogP contribution >= 0.6 is 15.9 Å². The SMILES string of the molecule is CO[C@@H](C[S@@](=O)c1ccc(C)cc1)c1ccccc1Br. The van der Waals surface area contributed by atoms with Gasteiger partial charge < -0.3 is 4.74 Å². The summed E-state index contributed by atoms with van der Waals surface area (Å²) in [4.78, 5) is 0.838. The summed E-state index contributed by atoms with van der Waals surface area (Å²) in [7, 11) is 0.573. The Morgan fingerprint density at radius 3 is 2.40 bits per heavy atom. The maximum Gasteiger partial charge on any atom is 0.0950 e. The lowest BCUT2D eigenvalue weighted by molar-refractivity contribution is 0.122. The van der Waals surface area contributed by atoms with Gasteiger partial charge in [-0.1, -0.05) is 51.8 Å². The van der Waals surface area contributed by atoms with Crippen molar-refractivity contribution in [1.82, 2.24) is 0 Å². The van der Waals surface area contributed by atoms with Crippen molar-refractivity contribution in [2.24, 2.45) is 0 Å². The van der Waals surface area contributed by atoms with Crippen LogP contribution in [-0.2, 0) is 15.5 Å². The molecule has 0 fully saturated rings. The second kappa shape index (κ2) is 7.16. The molecular weight excluding hydrogens is 336 g/mol. The highest BCUT2D eigenvalue weighted by atomic mass is 79.9. The van der Waals surface area contributed by atoms with Gasteiger partial charge in [0.1, 0.15) is 0 Å². The number of methoxy groups -OCH3 is 1. The fourth-order valence-corrected chi connectivity index (χ4v) is 3.71. The molecule has 0 bridgehead atoms. The van der Waals surface area contributed by atoms with Crippen molar-refractivity contribution >= 4 is 26.7 Å². The molecule has 106 valence electrons. The summed E-state index contributed by atoms with van der Waals surface area (Å²) in [6, 6.07) is 15.7. The van der Waals surface area contributed by atoms with Crippen LogP contribution in [0.1, 0.15) is 17.2 Å². The van der Waals surface area contributed by atoms with Crippen LogP contribution in [0.15, 0.2) is 57.9 Å². The Labute approximate surface area is 130 Å². The molecule has 2 nitrogen and oxygen atoms in total. The summed E-state index contributed by atoms with van der Waals surface area (Å²) in [5.41, 5.74) is 2.19. The van der Waals surface area contributed by atoms with E-state index in [9.17, 15) is 4.21 Å². The van der Waals surface area contributed by atoms with Gasteiger partial charge in [0.15, 0.2) is 0 Å². The molecule has 0 saturated carbocycles. The highest BCUT2D eigenvalue weighted by Crippen LogP contribution is 2.27. The summed E-state index contributed by atoms with van der Waals surface area (Å²) in [5, 5.41) is 0. The molecule has 0 amide bonds. The van der Waals surface area contributed by atoms with E-state index in [1.165, 1.54) is 5.56 Å². The highest BCUT2D eigenvalue weighted by Gasteiger charge is 2.17. The van der Waals surface area contributed by atoms with Gasteiger partial charge >= 0.3 is 0 Å². The van der Waals surface area contributed by atoms with E-state index in [4.69, 9.17) is 4.74 Å². The van der Waals surface area contributed by atoms with Gasteiger partial charge in [0.2, 0.25) is 0 Å². The van der Waals surface area contributed by atoms with E-state index < -0.39 is 10.8 Å².